The van der Waals surface area contributed by atoms with Gasteiger partial charge in [-0.2, -0.15) is 17.6 Å². The molecule has 0 rings (SSSR count). The summed E-state index contributed by atoms with van der Waals surface area (Å²) in [4.78, 5) is 9.52. The molecule has 0 saturated heterocycles. The average Bonchev–Trinajstić information content (AvgIpc) is 1.82. The number of hydrogen-bond donors (Lipinski definition) is 0. The maximum Gasteiger partial charge on any atom is 0.445 e. The minimum absolute atomic E-state index is 1.72. The summed E-state index contributed by atoms with van der Waals surface area (Å²) in [5.41, 5.74) is 0. The smallest absolute Gasteiger partial charge is 0.445 e. The van der Waals surface area contributed by atoms with Gasteiger partial charge in [0, 0.05) is 12.4 Å². The zero-order valence-corrected chi connectivity index (χ0v) is 5.41. The first-order chi connectivity index (χ1) is 5.25. The van der Waals surface area contributed by atoms with Crippen LogP contribution in [0.1, 0.15) is 6.42 Å². The van der Waals surface area contributed by atoms with Crippen LogP contribution in [-0.4, -0.2) is 12.1 Å². The van der Waals surface area contributed by atoms with Gasteiger partial charge in [-0.05, 0) is 0 Å². The minimum atomic E-state index is -5.49. The van der Waals surface area contributed by atoms with E-state index in [-0.39, 0.29) is 0 Å². The summed E-state index contributed by atoms with van der Waals surface area (Å²) in [5.74, 6) is -7.54. The molecule has 0 saturated carbocycles. The van der Waals surface area contributed by atoms with Crippen LogP contribution in [0.3, 0.4) is 0 Å². The predicted octanol–water partition coefficient (Wildman–Crippen LogP) is 0.839. The van der Waals surface area contributed by atoms with E-state index in [0.29, 0.717) is 0 Å². The molecule has 0 unspecified atom stereocenters. The summed E-state index contributed by atoms with van der Waals surface area (Å²) in [6.07, 6.45) is -7.20. The minimum Gasteiger partial charge on any atom is -0.550 e. The van der Waals surface area contributed by atoms with E-state index in [1.807, 2.05) is 0 Å². The van der Waals surface area contributed by atoms with Crippen LogP contribution in [0.15, 0.2) is 11.7 Å². The fourth-order valence-electron chi connectivity index (χ4n) is 0.358. The highest BCUT2D eigenvalue weighted by Gasteiger charge is 2.37. The number of alkyl halides is 3. The Labute approximate surface area is 63.3 Å². The summed E-state index contributed by atoms with van der Waals surface area (Å²) >= 11 is 0. The molecule has 0 bridgehead atoms. The third-order valence-electron chi connectivity index (χ3n) is 0.787. The van der Waals surface area contributed by atoms with Crippen LogP contribution in [0, 0.1) is 0 Å². The van der Waals surface area contributed by atoms with Gasteiger partial charge in [0.1, 0.15) is 5.83 Å². The van der Waals surface area contributed by atoms with Crippen molar-refractivity contribution in [3.63, 3.8) is 0 Å². The van der Waals surface area contributed by atoms with Crippen molar-refractivity contribution >= 4 is 5.97 Å². The molecule has 0 aromatic carbocycles. The van der Waals surface area contributed by atoms with E-state index in [0.717, 1.165) is 0 Å². The second-order valence-corrected chi connectivity index (χ2v) is 1.77. The van der Waals surface area contributed by atoms with Gasteiger partial charge in [0.15, 0.2) is 0 Å². The molecule has 0 amide bonds. The number of allylic oxidation sites excluding steroid dienone is 1. The van der Waals surface area contributed by atoms with Crippen molar-refractivity contribution in [1.29, 1.82) is 0 Å². The lowest BCUT2D eigenvalue weighted by molar-refractivity contribution is -0.305. The summed E-state index contributed by atoms with van der Waals surface area (Å²) in [7, 11) is 0. The molecule has 0 radical (unpaired) electrons. The molecular formula is C5H2F5O2-. The van der Waals surface area contributed by atoms with Crippen molar-refractivity contribution in [2.45, 2.75) is 12.6 Å². The lowest BCUT2D eigenvalue weighted by Crippen LogP contribution is -2.23. The number of carbonyl (C=O) groups excluding carboxylic acids is 1. The van der Waals surface area contributed by atoms with Crippen molar-refractivity contribution in [3.8, 4) is 0 Å². The normalized spacial score (nSPS) is 14.1. The first-order valence-electron chi connectivity index (χ1n) is 2.56. The molecular weight excluding hydrogens is 187 g/mol. The number of carbonyl (C=O) groups is 1. The zero-order chi connectivity index (χ0) is 9.94. The first-order valence-corrected chi connectivity index (χ1v) is 2.56. The van der Waals surface area contributed by atoms with Crippen molar-refractivity contribution in [1.82, 2.24) is 0 Å². The zero-order valence-electron chi connectivity index (χ0n) is 5.41. The molecule has 0 N–H and O–H groups in total. The van der Waals surface area contributed by atoms with Crippen molar-refractivity contribution < 1.29 is 31.9 Å². The summed E-state index contributed by atoms with van der Waals surface area (Å²) in [5, 5.41) is 9.52. The van der Waals surface area contributed by atoms with Crippen molar-refractivity contribution in [2.24, 2.45) is 0 Å². The average molecular weight is 189 g/mol. The van der Waals surface area contributed by atoms with Gasteiger partial charge in [-0.25, -0.2) is 4.39 Å². The van der Waals surface area contributed by atoms with Crippen LogP contribution in [0.2, 0.25) is 0 Å². The molecule has 0 aliphatic rings. The van der Waals surface area contributed by atoms with Crippen LogP contribution < -0.4 is 5.11 Å². The lowest BCUT2D eigenvalue weighted by Gasteiger charge is -2.04. The number of aliphatic carboxylic acids is 1. The monoisotopic (exact) mass is 189 g/mol. The Hall–Kier alpha value is -1.14. The van der Waals surface area contributed by atoms with Gasteiger partial charge in [-0.1, -0.05) is 0 Å². The molecule has 12 heavy (non-hydrogen) atoms. The molecule has 2 nitrogen and oxygen atoms in total. The molecule has 7 heteroatoms. The third-order valence-corrected chi connectivity index (χ3v) is 0.787. The highest BCUT2D eigenvalue weighted by Crippen LogP contribution is 2.30. The van der Waals surface area contributed by atoms with Crippen molar-refractivity contribution in [2.75, 3.05) is 0 Å². The molecule has 0 fully saturated rings. The van der Waals surface area contributed by atoms with E-state index in [9.17, 15) is 31.9 Å². The summed E-state index contributed by atoms with van der Waals surface area (Å²) in [6, 6.07) is 0. The molecule has 0 atom stereocenters. The van der Waals surface area contributed by atoms with E-state index >= 15 is 0 Å². The second-order valence-electron chi connectivity index (χ2n) is 1.77. The highest BCUT2D eigenvalue weighted by atomic mass is 19.4. The number of rotatable bonds is 2. The summed E-state index contributed by atoms with van der Waals surface area (Å²) in [6.45, 7) is 0. The van der Waals surface area contributed by atoms with Gasteiger partial charge >= 0.3 is 6.18 Å². The molecule has 0 aromatic rings. The van der Waals surface area contributed by atoms with E-state index in [1.54, 1.807) is 0 Å². The first kappa shape index (κ1) is 10.9. The Balaban J connectivity index is 4.58. The Morgan fingerprint density at radius 1 is 1.25 bits per heavy atom. The topological polar surface area (TPSA) is 40.1 Å². The molecule has 70 valence electrons. The molecule has 0 spiro atoms. The molecule has 0 aliphatic heterocycles. The SMILES string of the molecule is O=C([O-])C/C(F)=C(\F)C(F)(F)F. The Morgan fingerprint density at radius 2 is 1.67 bits per heavy atom. The van der Waals surface area contributed by atoms with Crippen LogP contribution in [0.4, 0.5) is 22.0 Å². The van der Waals surface area contributed by atoms with Crippen LogP contribution in [0.25, 0.3) is 0 Å². The number of halogens is 5. The van der Waals surface area contributed by atoms with Gasteiger partial charge < -0.3 is 9.90 Å². The lowest BCUT2D eigenvalue weighted by atomic mass is 10.3. The molecule has 0 aliphatic carbocycles. The number of carboxylic acid groups (broad SMARTS) is 1. The maximum atomic E-state index is 11.9. The molecule has 0 aromatic heterocycles. The number of carboxylic acids is 1. The summed E-state index contributed by atoms with van der Waals surface area (Å²) < 4.78 is 57.5. The highest BCUT2D eigenvalue weighted by molar-refractivity contribution is 5.67. The third kappa shape index (κ3) is 3.31. The van der Waals surface area contributed by atoms with Gasteiger partial charge in [0.05, 0.1) is 0 Å². The Bertz CT molecular complexity index is 216. The fraction of sp³-hybridized carbons (Fsp3) is 0.400. The maximum absolute atomic E-state index is 11.9. The van der Waals surface area contributed by atoms with E-state index in [4.69, 9.17) is 0 Å². The number of hydrogen-bond acceptors (Lipinski definition) is 2. The Morgan fingerprint density at radius 3 is 1.92 bits per heavy atom. The largest absolute Gasteiger partial charge is 0.550 e. The predicted molar refractivity (Wildman–Crippen MR) is 24.9 cm³/mol. The van der Waals surface area contributed by atoms with Crippen LogP contribution >= 0.6 is 0 Å². The van der Waals surface area contributed by atoms with Gasteiger partial charge in [-0.15, -0.1) is 0 Å². The van der Waals surface area contributed by atoms with E-state index < -0.39 is 30.2 Å². The van der Waals surface area contributed by atoms with Gasteiger partial charge in [0.25, 0.3) is 0 Å². The van der Waals surface area contributed by atoms with Gasteiger partial charge in [-0.3, -0.25) is 0 Å². The van der Waals surface area contributed by atoms with Crippen LogP contribution in [0.5, 0.6) is 0 Å². The van der Waals surface area contributed by atoms with E-state index in [1.165, 1.54) is 0 Å². The van der Waals surface area contributed by atoms with Crippen LogP contribution in [-0.2, 0) is 4.79 Å². The fourth-order valence-corrected chi connectivity index (χ4v) is 0.358. The quantitative estimate of drug-likeness (QED) is 0.604. The standard InChI is InChI=1S/C5H3F5O2/c6-2(1-3(11)12)4(7)5(8,9)10/h1H2,(H,11,12)/p-1/b4-2+. The van der Waals surface area contributed by atoms with Crippen molar-refractivity contribution in [3.05, 3.63) is 11.7 Å². The van der Waals surface area contributed by atoms with Gasteiger partial charge in [0.2, 0.25) is 5.83 Å². The second kappa shape index (κ2) is 3.51. The molecule has 0 heterocycles. The Kier molecular flexibility index (Phi) is 3.17. The van der Waals surface area contributed by atoms with E-state index in [2.05, 4.69) is 0 Å².